The molecular weight excluding hydrogens is 360 g/mol. The first-order valence-corrected chi connectivity index (χ1v) is 10.4. The molecule has 0 saturated carbocycles. The molecule has 1 N–H and O–H groups in total. The van der Waals surface area contributed by atoms with Crippen molar-refractivity contribution in [3.8, 4) is 6.07 Å². The Morgan fingerprint density at radius 2 is 1.67 bits per heavy atom. The van der Waals surface area contributed by atoms with Gasteiger partial charge >= 0.3 is 0 Å². The molecule has 0 radical (unpaired) electrons. The fraction of sp³-hybridized carbons (Fsp3) is 0.300. The lowest BCUT2D eigenvalue weighted by atomic mass is 10.1. The van der Waals surface area contributed by atoms with Crippen molar-refractivity contribution in [2.75, 3.05) is 13.1 Å². The van der Waals surface area contributed by atoms with E-state index >= 15 is 0 Å². The number of nitriles is 1. The Hall–Kier alpha value is -2.85. The Morgan fingerprint density at radius 3 is 2.26 bits per heavy atom. The predicted molar refractivity (Wildman–Crippen MR) is 105 cm³/mol. The molecule has 0 aliphatic carbocycles. The van der Waals surface area contributed by atoms with E-state index in [1.54, 1.807) is 48.5 Å². The van der Waals surface area contributed by atoms with Crippen LogP contribution in [0.5, 0.6) is 0 Å². The highest BCUT2D eigenvalue weighted by atomic mass is 32.2. The molecule has 2 aromatic carbocycles. The van der Waals surface area contributed by atoms with Crippen molar-refractivity contribution in [1.82, 2.24) is 9.73 Å². The molecule has 7 heteroatoms. The fourth-order valence-electron chi connectivity index (χ4n) is 2.99. The number of nitrogens with zero attached hydrogens (tertiary/aromatic N) is 3. The molecule has 27 heavy (non-hydrogen) atoms. The zero-order valence-electron chi connectivity index (χ0n) is 15.2. The molecule has 0 spiro atoms. The number of likely N-dealkylation sites (tertiary alicyclic amines) is 1. The average molecular weight is 382 g/mol. The van der Waals surface area contributed by atoms with Gasteiger partial charge in [0.05, 0.1) is 16.5 Å². The van der Waals surface area contributed by atoms with Crippen molar-refractivity contribution in [3.63, 3.8) is 0 Å². The number of sulfonamides is 1. The van der Waals surface area contributed by atoms with Crippen molar-refractivity contribution < 1.29 is 8.42 Å². The van der Waals surface area contributed by atoms with Crippen LogP contribution in [0, 0.1) is 18.3 Å². The lowest BCUT2D eigenvalue weighted by Gasteiger charge is -2.29. The molecule has 0 unspecified atom stereocenters. The Balaban J connectivity index is 1.91. The summed E-state index contributed by atoms with van der Waals surface area (Å²) in [7, 11) is -3.75. The van der Waals surface area contributed by atoms with Crippen molar-refractivity contribution in [3.05, 3.63) is 65.2 Å². The molecule has 1 fully saturated rings. The number of amidine groups is 1. The van der Waals surface area contributed by atoms with Crippen LogP contribution in [0.2, 0.25) is 0 Å². The van der Waals surface area contributed by atoms with Crippen molar-refractivity contribution in [1.29, 1.82) is 5.26 Å². The highest BCUT2D eigenvalue weighted by Gasteiger charge is 2.19. The summed E-state index contributed by atoms with van der Waals surface area (Å²) in [6, 6.07) is 15.7. The number of hydrazone groups is 1. The van der Waals surface area contributed by atoms with E-state index in [-0.39, 0.29) is 4.90 Å². The second-order valence-electron chi connectivity index (χ2n) is 6.58. The van der Waals surface area contributed by atoms with E-state index < -0.39 is 10.0 Å². The van der Waals surface area contributed by atoms with Crippen LogP contribution in [0.15, 0.2) is 58.5 Å². The second kappa shape index (κ2) is 8.23. The minimum absolute atomic E-state index is 0.176. The first kappa shape index (κ1) is 18.9. The highest BCUT2D eigenvalue weighted by Crippen LogP contribution is 2.16. The van der Waals surface area contributed by atoms with E-state index in [4.69, 9.17) is 5.26 Å². The number of hydrogen-bond acceptors (Lipinski definition) is 4. The van der Waals surface area contributed by atoms with E-state index in [1.807, 2.05) is 6.92 Å². The van der Waals surface area contributed by atoms with Gasteiger partial charge in [0, 0.05) is 18.7 Å². The maximum absolute atomic E-state index is 12.6. The van der Waals surface area contributed by atoms with Crippen LogP contribution < -0.4 is 4.83 Å². The first-order chi connectivity index (χ1) is 13.0. The van der Waals surface area contributed by atoms with Gasteiger partial charge in [-0.3, -0.25) is 0 Å². The van der Waals surface area contributed by atoms with E-state index in [0.717, 1.165) is 43.5 Å². The van der Waals surface area contributed by atoms with Gasteiger partial charge in [-0.25, -0.2) is 0 Å². The molecule has 1 aliphatic heterocycles. The zero-order chi connectivity index (χ0) is 19.3. The third-order valence-electron chi connectivity index (χ3n) is 4.53. The largest absolute Gasteiger partial charge is 0.355 e. The molecule has 2 aromatic rings. The molecule has 0 amide bonds. The maximum atomic E-state index is 12.6. The molecular formula is C20H22N4O2S. The number of hydrogen-bond donors (Lipinski definition) is 1. The van der Waals surface area contributed by atoms with Crippen molar-refractivity contribution in [2.24, 2.45) is 5.10 Å². The third-order valence-corrected chi connectivity index (χ3v) is 5.76. The second-order valence-corrected chi connectivity index (χ2v) is 8.24. The van der Waals surface area contributed by atoms with Gasteiger partial charge in [-0.15, -0.1) is 5.10 Å². The fourth-order valence-corrected chi connectivity index (χ4v) is 3.80. The van der Waals surface area contributed by atoms with Gasteiger partial charge < -0.3 is 4.90 Å². The highest BCUT2D eigenvalue weighted by molar-refractivity contribution is 7.89. The summed E-state index contributed by atoms with van der Waals surface area (Å²) >= 11 is 0. The average Bonchev–Trinajstić information content (AvgIpc) is 2.70. The number of aryl methyl sites for hydroxylation is 1. The van der Waals surface area contributed by atoms with E-state index in [0.29, 0.717) is 11.4 Å². The topological polar surface area (TPSA) is 85.6 Å². The SMILES string of the molecule is Cc1ccc(S(=O)(=O)N/N=C(/c2ccc(C#N)cc2)N2CCCCC2)cc1. The summed E-state index contributed by atoms with van der Waals surface area (Å²) in [4.78, 5) is 4.63. The quantitative estimate of drug-likeness (QED) is 0.500. The Morgan fingerprint density at radius 1 is 1.04 bits per heavy atom. The molecule has 0 aromatic heterocycles. The Labute approximate surface area is 160 Å². The van der Waals surface area contributed by atoms with Gasteiger partial charge in [0.25, 0.3) is 10.0 Å². The summed E-state index contributed by atoms with van der Waals surface area (Å²) in [6.07, 6.45) is 3.24. The van der Waals surface area contributed by atoms with Crippen molar-refractivity contribution >= 4 is 15.9 Å². The van der Waals surface area contributed by atoms with Crippen LogP contribution in [0.4, 0.5) is 0 Å². The normalized spacial score (nSPS) is 15.3. The predicted octanol–water partition coefficient (Wildman–Crippen LogP) is 2.99. The number of rotatable bonds is 4. The van der Waals surface area contributed by atoms with Gasteiger partial charge in [0.2, 0.25) is 0 Å². The van der Waals surface area contributed by atoms with Gasteiger partial charge in [0.1, 0.15) is 0 Å². The molecule has 6 nitrogen and oxygen atoms in total. The van der Waals surface area contributed by atoms with Gasteiger partial charge in [-0.05, 0) is 62.6 Å². The van der Waals surface area contributed by atoms with Gasteiger partial charge in [-0.1, -0.05) is 17.7 Å². The van der Waals surface area contributed by atoms with Crippen LogP contribution in [0.25, 0.3) is 0 Å². The summed E-state index contributed by atoms with van der Waals surface area (Å²) in [5, 5.41) is 13.3. The van der Waals surface area contributed by atoms with Crippen LogP contribution in [-0.4, -0.2) is 32.2 Å². The van der Waals surface area contributed by atoms with Crippen LogP contribution >= 0.6 is 0 Å². The van der Waals surface area contributed by atoms with E-state index in [1.165, 1.54) is 0 Å². The van der Waals surface area contributed by atoms with E-state index in [9.17, 15) is 8.42 Å². The Bertz CT molecular complexity index is 953. The van der Waals surface area contributed by atoms with Crippen molar-refractivity contribution in [2.45, 2.75) is 31.1 Å². The smallest absolute Gasteiger partial charge is 0.276 e. The van der Waals surface area contributed by atoms with Gasteiger partial charge in [0.15, 0.2) is 5.84 Å². The number of nitrogens with one attached hydrogen (secondary N) is 1. The summed E-state index contributed by atoms with van der Waals surface area (Å²) < 4.78 is 25.2. The molecule has 3 rings (SSSR count). The van der Waals surface area contributed by atoms with E-state index in [2.05, 4.69) is 20.9 Å². The molecule has 1 aliphatic rings. The monoisotopic (exact) mass is 382 g/mol. The molecule has 0 bridgehead atoms. The van der Waals surface area contributed by atoms with Crippen LogP contribution in [0.1, 0.15) is 36.0 Å². The minimum Gasteiger partial charge on any atom is -0.355 e. The molecule has 1 heterocycles. The number of piperidine rings is 1. The molecule has 0 atom stereocenters. The first-order valence-electron chi connectivity index (χ1n) is 8.91. The molecule has 140 valence electrons. The summed E-state index contributed by atoms with van der Waals surface area (Å²) in [5.74, 6) is 0.579. The number of benzene rings is 2. The third kappa shape index (κ3) is 4.66. The zero-order valence-corrected chi connectivity index (χ0v) is 16.0. The lowest BCUT2D eigenvalue weighted by molar-refractivity contribution is 0.341. The minimum atomic E-state index is -3.75. The standard InChI is InChI=1S/C20H22N4O2S/c1-16-5-11-19(12-6-16)27(25,26)23-22-20(24-13-3-2-4-14-24)18-9-7-17(15-21)8-10-18/h5-12,23H,2-4,13-14H2,1H3/b22-20-. The summed E-state index contributed by atoms with van der Waals surface area (Å²) in [6.45, 7) is 3.55. The molecule has 1 saturated heterocycles. The lowest BCUT2D eigenvalue weighted by Crippen LogP contribution is -2.38. The van der Waals surface area contributed by atoms with Crippen LogP contribution in [-0.2, 0) is 10.0 Å². The van der Waals surface area contributed by atoms with Crippen LogP contribution in [0.3, 0.4) is 0 Å². The maximum Gasteiger partial charge on any atom is 0.276 e. The van der Waals surface area contributed by atoms with Gasteiger partial charge in [-0.2, -0.15) is 18.5 Å². The Kier molecular flexibility index (Phi) is 5.77. The summed E-state index contributed by atoms with van der Waals surface area (Å²) in [5.41, 5.74) is 2.32.